The predicted molar refractivity (Wildman–Crippen MR) is 77.4 cm³/mol. The Balaban J connectivity index is 2.15. The van der Waals surface area contributed by atoms with Crippen molar-refractivity contribution in [1.82, 2.24) is 10.0 Å². The number of benzene rings is 1. The first-order valence-corrected chi connectivity index (χ1v) is 7.78. The number of aryl methyl sites for hydroxylation is 1. The number of sulfonamides is 1. The van der Waals surface area contributed by atoms with Gasteiger partial charge >= 0.3 is 6.03 Å². The molecule has 2 N–H and O–H groups in total. The number of amides is 3. The Morgan fingerprint density at radius 3 is 2.38 bits per heavy atom. The number of carbonyl (C=O) groups is 2. The Hall–Kier alpha value is -2.06. The molecule has 1 aliphatic rings. The highest BCUT2D eigenvalue weighted by Crippen LogP contribution is 2.09. The van der Waals surface area contributed by atoms with Crippen molar-refractivity contribution in [3.63, 3.8) is 0 Å². The smallest absolute Gasteiger partial charge is 0.275 e. The monoisotopic (exact) mass is 309 g/mol. The van der Waals surface area contributed by atoms with Crippen molar-refractivity contribution in [3.8, 4) is 0 Å². The van der Waals surface area contributed by atoms with E-state index in [0.29, 0.717) is 0 Å². The van der Waals surface area contributed by atoms with Crippen LogP contribution in [0.25, 0.3) is 0 Å². The zero-order valence-corrected chi connectivity index (χ0v) is 12.4. The van der Waals surface area contributed by atoms with Crippen molar-refractivity contribution in [3.05, 3.63) is 35.4 Å². The average molecular weight is 309 g/mol. The van der Waals surface area contributed by atoms with Gasteiger partial charge in [0, 0.05) is 12.3 Å². The topological polar surface area (TPSA) is 105 Å². The number of carbonyl (C=O) groups excluding carboxylic acids is 2. The molecule has 21 heavy (non-hydrogen) atoms. The van der Waals surface area contributed by atoms with Crippen LogP contribution in [0.3, 0.4) is 0 Å². The Labute approximate surface area is 122 Å². The molecular formula is C13H15N3O4S. The second-order valence-electron chi connectivity index (χ2n) is 4.78. The first-order chi connectivity index (χ1) is 9.79. The van der Waals surface area contributed by atoms with Gasteiger partial charge in [0.05, 0.1) is 0 Å². The minimum atomic E-state index is -3.96. The molecule has 1 aromatic rings. The zero-order chi connectivity index (χ0) is 15.6. The van der Waals surface area contributed by atoms with E-state index in [-0.39, 0.29) is 12.3 Å². The Morgan fingerprint density at radius 1 is 1.19 bits per heavy atom. The first-order valence-electron chi connectivity index (χ1n) is 6.23. The average Bonchev–Trinajstić information content (AvgIpc) is 2.36. The molecule has 1 aromatic carbocycles. The van der Waals surface area contributed by atoms with Gasteiger partial charge in [-0.05, 0) is 19.4 Å². The number of aliphatic imine (C=N–C) groups is 1. The zero-order valence-electron chi connectivity index (χ0n) is 11.6. The molecule has 1 atom stereocenters. The summed E-state index contributed by atoms with van der Waals surface area (Å²) in [7, 11) is -3.96. The van der Waals surface area contributed by atoms with Crippen LogP contribution in [0.15, 0.2) is 29.3 Å². The summed E-state index contributed by atoms with van der Waals surface area (Å²) in [5, 5.41) is 0.401. The molecule has 0 fully saturated rings. The van der Waals surface area contributed by atoms with E-state index in [4.69, 9.17) is 0 Å². The van der Waals surface area contributed by atoms with Gasteiger partial charge in [0.15, 0.2) is 5.25 Å². The molecule has 0 aliphatic carbocycles. The summed E-state index contributed by atoms with van der Waals surface area (Å²) in [5.74, 6) is -0.885. The lowest BCUT2D eigenvalue weighted by Gasteiger charge is -2.20. The van der Waals surface area contributed by atoms with Crippen LogP contribution >= 0.6 is 0 Å². The summed E-state index contributed by atoms with van der Waals surface area (Å²) in [4.78, 5) is 26.2. The maximum absolute atomic E-state index is 12.2. The second-order valence-corrected chi connectivity index (χ2v) is 6.63. The minimum Gasteiger partial charge on any atom is -0.275 e. The highest BCUT2D eigenvalue weighted by Gasteiger charge is 2.39. The van der Waals surface area contributed by atoms with Gasteiger partial charge in [-0.1, -0.05) is 29.8 Å². The normalized spacial score (nSPS) is 19.1. The molecule has 3 amide bonds. The van der Waals surface area contributed by atoms with Crippen molar-refractivity contribution >= 4 is 27.7 Å². The molecule has 0 aromatic heterocycles. The molecule has 0 bridgehead atoms. The SMILES string of the molecule is CC1=NC(=O)NC(=O)C1S(=O)(=O)NCc1ccc(C)cc1. The highest BCUT2D eigenvalue weighted by molar-refractivity contribution is 7.91. The summed E-state index contributed by atoms with van der Waals surface area (Å²) in [6, 6.07) is 6.47. The van der Waals surface area contributed by atoms with E-state index < -0.39 is 27.2 Å². The fraction of sp³-hybridized carbons (Fsp3) is 0.308. The molecule has 1 heterocycles. The fourth-order valence-corrected chi connectivity index (χ4v) is 3.32. The number of hydrogen-bond donors (Lipinski definition) is 2. The van der Waals surface area contributed by atoms with Crippen LogP contribution in [0.4, 0.5) is 4.79 Å². The van der Waals surface area contributed by atoms with E-state index in [1.807, 2.05) is 24.4 Å². The molecule has 0 radical (unpaired) electrons. The molecule has 112 valence electrons. The molecule has 1 aliphatic heterocycles. The van der Waals surface area contributed by atoms with Crippen molar-refractivity contribution in [1.29, 1.82) is 0 Å². The second kappa shape index (κ2) is 5.74. The summed E-state index contributed by atoms with van der Waals surface area (Å²) in [6.07, 6.45) is 0. The number of urea groups is 1. The molecular weight excluding hydrogens is 294 g/mol. The maximum Gasteiger partial charge on any atom is 0.347 e. The standard InChI is InChI=1S/C13H15N3O4S/c1-8-3-5-10(6-4-8)7-14-21(19,20)11-9(2)15-13(18)16-12(11)17/h3-6,11,14H,7H2,1-2H3,(H,16,17,18). The number of rotatable bonds is 4. The largest absolute Gasteiger partial charge is 0.347 e. The summed E-state index contributed by atoms with van der Waals surface area (Å²) >= 11 is 0. The Bertz CT molecular complexity index is 707. The molecule has 0 saturated carbocycles. The third-order valence-electron chi connectivity index (χ3n) is 3.03. The van der Waals surface area contributed by atoms with Gasteiger partial charge < -0.3 is 0 Å². The van der Waals surface area contributed by atoms with Crippen molar-refractivity contribution in [2.45, 2.75) is 25.6 Å². The van der Waals surface area contributed by atoms with Crippen LogP contribution in [-0.4, -0.2) is 31.3 Å². The quantitative estimate of drug-likeness (QED) is 0.844. The van der Waals surface area contributed by atoms with E-state index in [2.05, 4.69) is 9.71 Å². The first kappa shape index (κ1) is 15.3. The van der Waals surface area contributed by atoms with Gasteiger partial charge in [-0.2, -0.15) is 0 Å². The lowest BCUT2D eigenvalue weighted by atomic mass is 10.2. The van der Waals surface area contributed by atoms with Crippen LogP contribution in [0.1, 0.15) is 18.1 Å². The molecule has 0 spiro atoms. The van der Waals surface area contributed by atoms with Crippen LogP contribution < -0.4 is 10.0 Å². The number of imide groups is 1. The number of nitrogens with one attached hydrogen (secondary N) is 2. The molecule has 1 unspecified atom stereocenters. The predicted octanol–water partition coefficient (Wildman–Crippen LogP) is 0.494. The van der Waals surface area contributed by atoms with Crippen LogP contribution in [-0.2, 0) is 21.4 Å². The van der Waals surface area contributed by atoms with Crippen LogP contribution in [0.2, 0.25) is 0 Å². The summed E-state index contributed by atoms with van der Waals surface area (Å²) in [6.45, 7) is 3.33. The van der Waals surface area contributed by atoms with Gasteiger partial charge in [0.2, 0.25) is 10.0 Å². The van der Waals surface area contributed by atoms with E-state index in [1.54, 1.807) is 12.1 Å². The summed E-state index contributed by atoms with van der Waals surface area (Å²) in [5.41, 5.74) is 1.79. The molecule has 2 rings (SSSR count). The number of hydrogen-bond acceptors (Lipinski definition) is 4. The molecule has 0 saturated heterocycles. The molecule has 7 nitrogen and oxygen atoms in total. The third kappa shape index (κ3) is 3.53. The summed E-state index contributed by atoms with van der Waals surface area (Å²) < 4.78 is 26.7. The van der Waals surface area contributed by atoms with Crippen molar-refractivity contribution in [2.24, 2.45) is 4.99 Å². The van der Waals surface area contributed by atoms with Crippen LogP contribution in [0.5, 0.6) is 0 Å². The number of nitrogens with zero attached hydrogens (tertiary/aromatic N) is 1. The highest BCUT2D eigenvalue weighted by atomic mass is 32.2. The van der Waals surface area contributed by atoms with Gasteiger partial charge in [-0.25, -0.2) is 22.9 Å². The van der Waals surface area contributed by atoms with Gasteiger partial charge in [0.25, 0.3) is 5.91 Å². The van der Waals surface area contributed by atoms with Crippen molar-refractivity contribution in [2.75, 3.05) is 0 Å². The van der Waals surface area contributed by atoms with E-state index in [0.717, 1.165) is 11.1 Å². The maximum atomic E-state index is 12.2. The lowest BCUT2D eigenvalue weighted by molar-refractivity contribution is -0.118. The van der Waals surface area contributed by atoms with Gasteiger partial charge in [-0.15, -0.1) is 0 Å². The third-order valence-corrected chi connectivity index (χ3v) is 4.76. The van der Waals surface area contributed by atoms with E-state index in [9.17, 15) is 18.0 Å². The Morgan fingerprint density at radius 2 is 1.81 bits per heavy atom. The molecule has 8 heteroatoms. The minimum absolute atomic E-state index is 0.0415. The Kier molecular flexibility index (Phi) is 4.19. The fourth-order valence-electron chi connectivity index (χ4n) is 1.95. The van der Waals surface area contributed by atoms with E-state index in [1.165, 1.54) is 6.92 Å². The van der Waals surface area contributed by atoms with Gasteiger partial charge in [-0.3, -0.25) is 10.1 Å². The van der Waals surface area contributed by atoms with Gasteiger partial charge in [0.1, 0.15) is 0 Å². The van der Waals surface area contributed by atoms with Crippen molar-refractivity contribution < 1.29 is 18.0 Å². The van der Waals surface area contributed by atoms with Crippen LogP contribution in [0, 0.1) is 6.92 Å². The van der Waals surface area contributed by atoms with E-state index >= 15 is 0 Å². The lowest BCUT2D eigenvalue weighted by Crippen LogP contribution is -2.53.